The summed E-state index contributed by atoms with van der Waals surface area (Å²) in [5.41, 5.74) is 3.37. The second kappa shape index (κ2) is 3.91. The van der Waals surface area contributed by atoms with E-state index in [2.05, 4.69) is 17.6 Å². The lowest BCUT2D eigenvalue weighted by Gasteiger charge is -2.29. The molecular weight excluding hydrogens is 212 g/mol. The SMILES string of the molecule is COc1cc(Cl)c(C)c2c1NCNC2C. The van der Waals surface area contributed by atoms with Gasteiger partial charge in [0.2, 0.25) is 0 Å². The summed E-state index contributed by atoms with van der Waals surface area (Å²) in [6.07, 6.45) is 0. The van der Waals surface area contributed by atoms with Crippen LogP contribution >= 0.6 is 11.6 Å². The van der Waals surface area contributed by atoms with Crippen molar-refractivity contribution in [3.63, 3.8) is 0 Å². The zero-order chi connectivity index (χ0) is 11.0. The van der Waals surface area contributed by atoms with E-state index in [1.807, 2.05) is 13.0 Å². The van der Waals surface area contributed by atoms with Crippen molar-refractivity contribution in [1.29, 1.82) is 0 Å². The van der Waals surface area contributed by atoms with Crippen LogP contribution in [0.2, 0.25) is 5.02 Å². The normalized spacial score (nSPS) is 19.3. The molecule has 1 aromatic rings. The number of nitrogens with one attached hydrogen (secondary N) is 2. The number of ether oxygens (including phenoxy) is 1. The van der Waals surface area contributed by atoms with Gasteiger partial charge in [-0.15, -0.1) is 0 Å². The zero-order valence-electron chi connectivity index (χ0n) is 9.15. The van der Waals surface area contributed by atoms with Crippen LogP contribution in [0.15, 0.2) is 6.07 Å². The minimum Gasteiger partial charge on any atom is -0.495 e. The molecule has 0 saturated heterocycles. The van der Waals surface area contributed by atoms with Crippen LogP contribution in [0.1, 0.15) is 24.1 Å². The van der Waals surface area contributed by atoms with E-state index in [4.69, 9.17) is 16.3 Å². The smallest absolute Gasteiger partial charge is 0.143 e. The number of halogens is 1. The van der Waals surface area contributed by atoms with Crippen LogP contribution in [-0.4, -0.2) is 13.8 Å². The minimum absolute atomic E-state index is 0.300. The molecule has 1 atom stereocenters. The highest BCUT2D eigenvalue weighted by Gasteiger charge is 2.22. The van der Waals surface area contributed by atoms with Crippen molar-refractivity contribution in [2.75, 3.05) is 19.1 Å². The van der Waals surface area contributed by atoms with Crippen LogP contribution in [0.3, 0.4) is 0 Å². The number of anilines is 1. The highest BCUT2D eigenvalue weighted by atomic mass is 35.5. The lowest BCUT2D eigenvalue weighted by Crippen LogP contribution is -2.32. The molecule has 1 aromatic carbocycles. The van der Waals surface area contributed by atoms with Crippen molar-refractivity contribution < 1.29 is 4.74 Å². The van der Waals surface area contributed by atoms with Crippen molar-refractivity contribution in [2.24, 2.45) is 0 Å². The van der Waals surface area contributed by atoms with Gasteiger partial charge in [0.05, 0.1) is 19.5 Å². The molecule has 1 aliphatic rings. The first-order valence-corrected chi connectivity index (χ1v) is 5.37. The van der Waals surface area contributed by atoms with Crippen LogP contribution < -0.4 is 15.4 Å². The Hall–Kier alpha value is -0.930. The molecule has 4 heteroatoms. The maximum Gasteiger partial charge on any atom is 0.143 e. The zero-order valence-corrected chi connectivity index (χ0v) is 9.90. The Morgan fingerprint density at radius 2 is 2.27 bits per heavy atom. The van der Waals surface area contributed by atoms with Gasteiger partial charge in [-0.25, -0.2) is 0 Å². The van der Waals surface area contributed by atoms with Crippen LogP contribution in [0, 0.1) is 6.92 Å². The van der Waals surface area contributed by atoms with Crippen LogP contribution in [0.5, 0.6) is 5.75 Å². The molecule has 0 bridgehead atoms. The van der Waals surface area contributed by atoms with Crippen molar-refractivity contribution in [3.8, 4) is 5.75 Å². The quantitative estimate of drug-likeness (QED) is 0.773. The van der Waals surface area contributed by atoms with E-state index < -0.39 is 0 Å². The molecule has 1 heterocycles. The van der Waals surface area contributed by atoms with Gasteiger partial charge in [-0.1, -0.05) is 11.6 Å². The fraction of sp³-hybridized carbons (Fsp3) is 0.455. The number of hydrogen-bond donors (Lipinski definition) is 2. The van der Waals surface area contributed by atoms with Crippen LogP contribution in [0.4, 0.5) is 5.69 Å². The summed E-state index contributed by atoms with van der Waals surface area (Å²) in [4.78, 5) is 0. The third-order valence-electron chi connectivity index (χ3n) is 2.86. The summed E-state index contributed by atoms with van der Waals surface area (Å²) >= 11 is 6.16. The van der Waals surface area contributed by atoms with Crippen molar-refractivity contribution >= 4 is 17.3 Å². The summed E-state index contributed by atoms with van der Waals surface area (Å²) in [6.45, 7) is 4.92. The first-order chi connectivity index (χ1) is 7.15. The monoisotopic (exact) mass is 226 g/mol. The molecule has 1 aliphatic heterocycles. The molecule has 1 unspecified atom stereocenters. The largest absolute Gasteiger partial charge is 0.495 e. The van der Waals surface area contributed by atoms with Crippen molar-refractivity contribution in [3.05, 3.63) is 22.2 Å². The van der Waals surface area contributed by atoms with E-state index >= 15 is 0 Å². The Kier molecular flexibility index (Phi) is 2.76. The predicted octanol–water partition coefficient (Wildman–Crippen LogP) is 2.69. The van der Waals surface area contributed by atoms with E-state index in [0.29, 0.717) is 6.04 Å². The van der Waals surface area contributed by atoms with Gasteiger partial charge in [0, 0.05) is 22.7 Å². The predicted molar refractivity (Wildman–Crippen MR) is 62.8 cm³/mol. The first kappa shape index (κ1) is 10.6. The fourth-order valence-corrected chi connectivity index (χ4v) is 2.22. The van der Waals surface area contributed by atoms with Gasteiger partial charge < -0.3 is 10.1 Å². The highest BCUT2D eigenvalue weighted by molar-refractivity contribution is 6.31. The topological polar surface area (TPSA) is 33.3 Å². The summed E-state index contributed by atoms with van der Waals surface area (Å²) in [5.74, 6) is 0.814. The number of hydrogen-bond acceptors (Lipinski definition) is 3. The average Bonchev–Trinajstić information content (AvgIpc) is 2.23. The third-order valence-corrected chi connectivity index (χ3v) is 3.25. The summed E-state index contributed by atoms with van der Waals surface area (Å²) in [7, 11) is 1.66. The maximum atomic E-state index is 6.16. The third kappa shape index (κ3) is 1.66. The summed E-state index contributed by atoms with van der Waals surface area (Å²) < 4.78 is 5.32. The van der Waals surface area contributed by atoms with E-state index in [0.717, 1.165) is 28.7 Å². The van der Waals surface area contributed by atoms with Crippen LogP contribution in [-0.2, 0) is 0 Å². The van der Waals surface area contributed by atoms with Gasteiger partial charge in [0.25, 0.3) is 0 Å². The molecule has 0 radical (unpaired) electrons. The molecule has 0 fully saturated rings. The maximum absolute atomic E-state index is 6.16. The molecule has 0 aliphatic carbocycles. The second-order valence-corrected chi connectivity index (χ2v) is 4.16. The molecule has 0 aromatic heterocycles. The van der Waals surface area contributed by atoms with E-state index in [-0.39, 0.29) is 0 Å². The Balaban J connectivity index is 2.65. The van der Waals surface area contributed by atoms with Gasteiger partial charge in [-0.2, -0.15) is 0 Å². The van der Waals surface area contributed by atoms with Gasteiger partial charge >= 0.3 is 0 Å². The lowest BCUT2D eigenvalue weighted by molar-refractivity contribution is 0.413. The van der Waals surface area contributed by atoms with E-state index in [9.17, 15) is 0 Å². The number of benzene rings is 1. The Morgan fingerprint density at radius 1 is 1.53 bits per heavy atom. The minimum atomic E-state index is 0.300. The van der Waals surface area contributed by atoms with Gasteiger partial charge in [0.15, 0.2) is 0 Å². The molecule has 3 nitrogen and oxygen atoms in total. The van der Waals surface area contributed by atoms with Crippen LogP contribution in [0.25, 0.3) is 0 Å². The van der Waals surface area contributed by atoms with Gasteiger partial charge in [-0.3, -0.25) is 5.32 Å². The number of rotatable bonds is 1. The lowest BCUT2D eigenvalue weighted by atomic mass is 9.98. The molecule has 15 heavy (non-hydrogen) atoms. The Labute approximate surface area is 94.8 Å². The molecule has 0 saturated carbocycles. The van der Waals surface area contributed by atoms with Gasteiger partial charge in [-0.05, 0) is 19.4 Å². The highest BCUT2D eigenvalue weighted by Crippen LogP contribution is 2.40. The molecule has 0 spiro atoms. The number of methoxy groups -OCH3 is 1. The molecule has 0 amide bonds. The summed E-state index contributed by atoms with van der Waals surface area (Å²) in [5, 5.41) is 7.37. The summed E-state index contributed by atoms with van der Waals surface area (Å²) in [6, 6.07) is 2.16. The second-order valence-electron chi connectivity index (χ2n) is 3.75. The number of fused-ring (bicyclic) bond motifs is 1. The Morgan fingerprint density at radius 3 is 2.93 bits per heavy atom. The average molecular weight is 227 g/mol. The van der Waals surface area contributed by atoms with E-state index in [1.165, 1.54) is 5.56 Å². The Bertz CT molecular complexity index is 393. The van der Waals surface area contributed by atoms with E-state index in [1.54, 1.807) is 7.11 Å². The van der Waals surface area contributed by atoms with Gasteiger partial charge in [0.1, 0.15) is 5.75 Å². The van der Waals surface area contributed by atoms with Crippen molar-refractivity contribution in [1.82, 2.24) is 5.32 Å². The standard InChI is InChI=1S/C11H15ClN2O/c1-6-8(12)4-9(15-3)11-10(6)7(2)13-5-14-11/h4,7,13-14H,5H2,1-3H3. The fourth-order valence-electron chi connectivity index (χ4n) is 2.02. The molecular formula is C11H15ClN2O. The molecule has 2 rings (SSSR count). The first-order valence-electron chi connectivity index (χ1n) is 4.99. The van der Waals surface area contributed by atoms with Crippen molar-refractivity contribution in [2.45, 2.75) is 19.9 Å². The molecule has 82 valence electrons. The molecule has 2 N–H and O–H groups in total.